The van der Waals surface area contributed by atoms with Gasteiger partial charge in [-0.05, 0) is 38.1 Å². The molecule has 2 radical (unpaired) electrons. The second-order valence-corrected chi connectivity index (χ2v) is 13.1. The van der Waals surface area contributed by atoms with E-state index >= 15 is 0 Å². The van der Waals surface area contributed by atoms with Gasteiger partial charge in [-0.1, -0.05) is 36.4 Å². The number of rotatable bonds is 11. The summed E-state index contributed by atoms with van der Waals surface area (Å²) in [5, 5.41) is 0. The molecule has 0 aliphatic rings. The zero-order valence-electron chi connectivity index (χ0n) is 22.7. The van der Waals surface area contributed by atoms with Crippen LogP contribution in [0.3, 0.4) is 0 Å². The van der Waals surface area contributed by atoms with Crippen molar-refractivity contribution in [3.05, 3.63) is 132 Å². The van der Waals surface area contributed by atoms with Gasteiger partial charge in [0.2, 0.25) is 0 Å². The molecular formula is C34H36N2O2Sn+2. The molecule has 4 aromatic rings. The van der Waals surface area contributed by atoms with Crippen molar-refractivity contribution in [2.45, 2.75) is 26.7 Å². The predicted molar refractivity (Wildman–Crippen MR) is 168 cm³/mol. The van der Waals surface area contributed by atoms with Gasteiger partial charge >= 0.3 is 101 Å². The number of hydrogen-bond acceptors (Lipinski definition) is 2. The molecule has 4 aromatic carbocycles. The molecule has 0 aliphatic carbocycles. The van der Waals surface area contributed by atoms with Gasteiger partial charge in [-0.25, -0.2) is 0 Å². The third kappa shape index (κ3) is 11.7. The van der Waals surface area contributed by atoms with Crippen LogP contribution in [0.4, 0.5) is 0 Å². The Bertz CT molecular complexity index is 1250. The van der Waals surface area contributed by atoms with Crippen molar-refractivity contribution in [1.29, 1.82) is 0 Å². The molecule has 2 N–H and O–H groups in total. The Labute approximate surface area is 242 Å². The number of hydrogen-bond donors (Lipinski definition) is 0. The molecule has 39 heavy (non-hydrogen) atoms. The van der Waals surface area contributed by atoms with E-state index < -0.39 is 21.1 Å². The molecule has 0 aromatic heterocycles. The molecule has 0 amide bonds. The predicted octanol–water partition coefficient (Wildman–Crippen LogP) is 5.22. The zero-order valence-corrected chi connectivity index (χ0v) is 25.5. The first-order chi connectivity index (χ1) is 19.0. The van der Waals surface area contributed by atoms with Gasteiger partial charge in [-0.3, -0.25) is 19.6 Å². The zero-order chi connectivity index (χ0) is 27.7. The topological polar surface area (TPSA) is 67.5 Å². The second kappa shape index (κ2) is 17.0. The Hall–Kier alpha value is -3.64. The SMILES string of the molecule is CC(CC(=[OH+])c1ccccc1)=NCCN=C(C)CC(=[OH+])c1ccccc1.c1cc[c]([Sn][c]2ccccc2)cc1. The van der Waals surface area contributed by atoms with Crippen molar-refractivity contribution in [3.8, 4) is 0 Å². The monoisotopic (exact) mass is 624 g/mol. The summed E-state index contributed by atoms with van der Waals surface area (Å²) in [5.41, 5.74) is 3.39. The van der Waals surface area contributed by atoms with Crippen LogP contribution in [0.2, 0.25) is 0 Å². The molecule has 0 fully saturated rings. The molecule has 0 atom stereocenters. The fourth-order valence-electron chi connectivity index (χ4n) is 3.75. The van der Waals surface area contributed by atoms with E-state index in [1.807, 2.05) is 74.5 Å². The second-order valence-electron chi connectivity index (χ2n) is 9.07. The summed E-state index contributed by atoms with van der Waals surface area (Å²) in [6, 6.07) is 40.6. The normalized spacial score (nSPS) is 11.3. The van der Waals surface area contributed by atoms with Gasteiger partial charge in [0.05, 0.1) is 24.2 Å². The molecule has 0 saturated heterocycles. The van der Waals surface area contributed by atoms with Crippen LogP contribution in [0.1, 0.15) is 37.8 Å². The van der Waals surface area contributed by atoms with Gasteiger partial charge in [0.1, 0.15) is 12.8 Å². The summed E-state index contributed by atoms with van der Waals surface area (Å²) in [6.45, 7) is 4.95. The summed E-state index contributed by atoms with van der Waals surface area (Å²) >= 11 is -0.517. The molecule has 0 unspecified atom stereocenters. The van der Waals surface area contributed by atoms with Gasteiger partial charge in [0.25, 0.3) is 0 Å². The van der Waals surface area contributed by atoms with E-state index in [0.29, 0.717) is 37.5 Å². The van der Waals surface area contributed by atoms with Crippen LogP contribution in [-0.4, -0.2) is 66.8 Å². The van der Waals surface area contributed by atoms with Crippen molar-refractivity contribution >= 4 is 51.3 Å². The first-order valence-electron chi connectivity index (χ1n) is 13.1. The standard InChI is InChI=1S/C22H24N2O2.2C6H5.Sn/c1-17(15-21(25)19-9-5-3-6-10-19)23-13-14-24-18(2)16-22(26)20-11-7-4-8-12-20;2*1-2-4-6-5-3-1;/h3-12H,13-16H2,1-2H3;2*1-5H;/p+2. The summed E-state index contributed by atoms with van der Waals surface area (Å²) in [7, 11) is 0. The fourth-order valence-corrected chi connectivity index (χ4v) is 6.75. The van der Waals surface area contributed by atoms with E-state index in [0.717, 1.165) is 22.6 Å². The number of benzene rings is 4. The quantitative estimate of drug-likeness (QED) is 0.0724. The molecular weight excluding hydrogens is 587 g/mol. The third-order valence-electron chi connectivity index (χ3n) is 5.76. The minimum absolute atomic E-state index is 0.328. The van der Waals surface area contributed by atoms with E-state index in [-0.39, 0.29) is 0 Å². The van der Waals surface area contributed by atoms with Crippen LogP contribution in [0.25, 0.3) is 0 Å². The molecule has 0 saturated carbocycles. The summed E-state index contributed by atoms with van der Waals surface area (Å²) in [4.78, 5) is 29.2. The van der Waals surface area contributed by atoms with Crippen molar-refractivity contribution in [3.63, 3.8) is 0 Å². The van der Waals surface area contributed by atoms with Gasteiger partial charge in [-0.2, -0.15) is 0 Å². The van der Waals surface area contributed by atoms with Crippen LogP contribution in [0.15, 0.2) is 131 Å². The maximum absolute atomic E-state index is 10.1. The van der Waals surface area contributed by atoms with E-state index in [2.05, 4.69) is 70.6 Å². The Kier molecular flexibility index (Phi) is 13.1. The molecule has 0 spiro atoms. The molecule has 0 bridgehead atoms. The Balaban J connectivity index is 0.000000268. The van der Waals surface area contributed by atoms with E-state index in [4.69, 9.17) is 0 Å². The number of nitrogens with zero attached hydrogens (tertiary/aromatic N) is 2. The van der Waals surface area contributed by atoms with Crippen molar-refractivity contribution < 1.29 is 9.59 Å². The molecule has 5 heteroatoms. The number of ketones is 2. The third-order valence-corrected chi connectivity index (χ3v) is 9.31. The summed E-state index contributed by atoms with van der Waals surface area (Å²) < 4.78 is 3.08. The molecule has 0 heterocycles. The summed E-state index contributed by atoms with van der Waals surface area (Å²) in [5.74, 6) is 0.655. The van der Waals surface area contributed by atoms with Crippen molar-refractivity contribution in [1.82, 2.24) is 0 Å². The van der Waals surface area contributed by atoms with Gasteiger partial charge in [0.15, 0.2) is 0 Å². The first-order valence-corrected chi connectivity index (χ1v) is 15.9. The minimum atomic E-state index is -0.517. The first kappa shape index (κ1) is 29.9. The van der Waals surface area contributed by atoms with Crippen LogP contribution < -0.4 is 7.16 Å². The Morgan fingerprint density at radius 2 is 0.821 bits per heavy atom. The number of aliphatic imine (C=N–C) groups is 2. The number of carbonyl (C=O) groups excluding carboxylic acids is 2. The van der Waals surface area contributed by atoms with Crippen LogP contribution in [-0.2, 0) is 0 Å². The molecule has 196 valence electrons. The van der Waals surface area contributed by atoms with E-state index in [9.17, 15) is 9.59 Å². The molecule has 0 aliphatic heterocycles. The fraction of sp³-hybridized carbons (Fsp3) is 0.176. The van der Waals surface area contributed by atoms with Gasteiger partial charge < -0.3 is 0 Å². The summed E-state index contributed by atoms with van der Waals surface area (Å²) in [6.07, 6.45) is 0.880. The van der Waals surface area contributed by atoms with Gasteiger partial charge in [-0.15, -0.1) is 0 Å². The van der Waals surface area contributed by atoms with Crippen LogP contribution >= 0.6 is 0 Å². The van der Waals surface area contributed by atoms with Crippen LogP contribution in [0, 0.1) is 0 Å². The van der Waals surface area contributed by atoms with E-state index in [1.165, 1.54) is 7.16 Å². The average molecular weight is 623 g/mol. The van der Waals surface area contributed by atoms with Gasteiger partial charge in [0, 0.05) is 11.4 Å². The average Bonchev–Trinajstić information content (AvgIpc) is 2.97. The van der Waals surface area contributed by atoms with Crippen molar-refractivity contribution in [2.24, 2.45) is 9.98 Å². The van der Waals surface area contributed by atoms with E-state index in [1.54, 1.807) is 0 Å². The van der Waals surface area contributed by atoms with Crippen LogP contribution in [0.5, 0.6) is 0 Å². The maximum atomic E-state index is 10.1. The Morgan fingerprint density at radius 3 is 1.15 bits per heavy atom. The Morgan fingerprint density at radius 1 is 0.513 bits per heavy atom. The molecule has 4 rings (SSSR count). The van der Waals surface area contributed by atoms with Crippen molar-refractivity contribution in [2.75, 3.05) is 13.1 Å². The molecule has 4 nitrogen and oxygen atoms in total.